The summed E-state index contributed by atoms with van der Waals surface area (Å²) in [4.78, 5) is 10.1. The van der Waals surface area contributed by atoms with E-state index in [-0.39, 0.29) is 24.4 Å². The first-order valence-corrected chi connectivity index (χ1v) is 6.76. The number of hydrogen-bond donors (Lipinski definition) is 1. The fraction of sp³-hybridized carbons (Fsp3) is 0.400. The van der Waals surface area contributed by atoms with Gasteiger partial charge in [-0.05, 0) is 0 Å². The lowest BCUT2D eigenvalue weighted by molar-refractivity contribution is -0.385. The van der Waals surface area contributed by atoms with Crippen molar-refractivity contribution in [2.45, 2.75) is 5.75 Å². The molecule has 0 saturated heterocycles. The summed E-state index contributed by atoms with van der Waals surface area (Å²) in [5.74, 6) is -0.458. The molecule has 0 heterocycles. The van der Waals surface area contributed by atoms with Gasteiger partial charge in [-0.3, -0.25) is 10.1 Å². The molecule has 1 N–H and O–H groups in total. The lowest BCUT2D eigenvalue weighted by Crippen LogP contribution is -2.30. The van der Waals surface area contributed by atoms with Crippen molar-refractivity contribution in [1.29, 1.82) is 0 Å². The van der Waals surface area contributed by atoms with Gasteiger partial charge >= 0.3 is 0 Å². The second kappa shape index (κ2) is 5.89. The van der Waals surface area contributed by atoms with Gasteiger partial charge in [0.2, 0.25) is 10.0 Å². The number of sulfonamides is 1. The number of para-hydroxylation sites is 1. The van der Waals surface area contributed by atoms with E-state index in [1.807, 2.05) is 0 Å². The molecule has 1 rings (SSSR count). The monoisotopic (exact) mass is 274 g/mol. The highest BCUT2D eigenvalue weighted by molar-refractivity contribution is 7.88. The van der Waals surface area contributed by atoms with Crippen LogP contribution in [-0.2, 0) is 15.8 Å². The zero-order valence-electron chi connectivity index (χ0n) is 9.81. The predicted molar refractivity (Wildman–Crippen MR) is 65.4 cm³/mol. The number of aliphatic hydroxyl groups is 1. The fourth-order valence-corrected chi connectivity index (χ4v) is 2.61. The third-order valence-corrected chi connectivity index (χ3v) is 4.22. The molecule has 18 heavy (non-hydrogen) atoms. The molecule has 1 aromatic carbocycles. The summed E-state index contributed by atoms with van der Waals surface area (Å²) in [5.41, 5.74) is -0.0919. The summed E-state index contributed by atoms with van der Waals surface area (Å²) >= 11 is 0. The van der Waals surface area contributed by atoms with Crippen molar-refractivity contribution < 1.29 is 18.4 Å². The van der Waals surface area contributed by atoms with Gasteiger partial charge in [-0.25, -0.2) is 12.7 Å². The van der Waals surface area contributed by atoms with Gasteiger partial charge in [-0.15, -0.1) is 0 Å². The van der Waals surface area contributed by atoms with Crippen molar-refractivity contribution in [3.8, 4) is 0 Å². The van der Waals surface area contributed by atoms with Gasteiger partial charge in [0.1, 0.15) is 0 Å². The number of aliphatic hydroxyl groups excluding tert-OH is 1. The van der Waals surface area contributed by atoms with Gasteiger partial charge in [0.05, 0.1) is 17.3 Å². The highest BCUT2D eigenvalue weighted by Gasteiger charge is 2.23. The van der Waals surface area contributed by atoms with Crippen molar-refractivity contribution >= 4 is 15.7 Å². The largest absolute Gasteiger partial charge is 0.395 e. The summed E-state index contributed by atoms with van der Waals surface area (Å²) in [6.07, 6.45) is 0. The average molecular weight is 274 g/mol. The van der Waals surface area contributed by atoms with Crippen molar-refractivity contribution in [3.63, 3.8) is 0 Å². The Morgan fingerprint density at radius 3 is 2.56 bits per heavy atom. The van der Waals surface area contributed by atoms with Crippen molar-refractivity contribution in [2.24, 2.45) is 0 Å². The Morgan fingerprint density at radius 1 is 1.39 bits per heavy atom. The molecule has 100 valence electrons. The van der Waals surface area contributed by atoms with Crippen LogP contribution < -0.4 is 0 Å². The minimum absolute atomic E-state index is 0.0387. The Labute approximate surface area is 105 Å². The second-order valence-electron chi connectivity index (χ2n) is 3.69. The van der Waals surface area contributed by atoms with Crippen LogP contribution in [0.2, 0.25) is 0 Å². The van der Waals surface area contributed by atoms with Crippen LogP contribution in [0.4, 0.5) is 5.69 Å². The van der Waals surface area contributed by atoms with Gasteiger partial charge in [0, 0.05) is 25.2 Å². The van der Waals surface area contributed by atoms with E-state index in [0.29, 0.717) is 0 Å². The van der Waals surface area contributed by atoms with Crippen LogP contribution in [0.25, 0.3) is 0 Å². The molecule has 0 bridgehead atoms. The van der Waals surface area contributed by atoms with Crippen LogP contribution >= 0.6 is 0 Å². The first-order valence-electron chi connectivity index (χ1n) is 5.15. The summed E-state index contributed by atoms with van der Waals surface area (Å²) in [6.45, 7) is -0.338. The van der Waals surface area contributed by atoms with E-state index in [4.69, 9.17) is 5.11 Å². The summed E-state index contributed by atoms with van der Waals surface area (Å²) in [6, 6.07) is 5.69. The van der Waals surface area contributed by atoms with Crippen LogP contribution in [0.15, 0.2) is 24.3 Å². The highest BCUT2D eigenvalue weighted by atomic mass is 32.2. The predicted octanol–water partition coefficient (Wildman–Crippen LogP) is 0.349. The molecule has 0 atom stereocenters. The standard InChI is InChI=1S/C10H14N2O5S/c1-11(6-7-13)18(16,17)8-9-4-2-3-5-10(9)12(14)15/h2-5,13H,6-8H2,1H3. The minimum Gasteiger partial charge on any atom is -0.395 e. The minimum atomic E-state index is -3.66. The van der Waals surface area contributed by atoms with Crippen molar-refractivity contribution in [2.75, 3.05) is 20.2 Å². The molecule has 1 aromatic rings. The number of benzene rings is 1. The normalized spacial score (nSPS) is 11.7. The smallest absolute Gasteiger partial charge is 0.273 e. The Kier molecular flexibility index (Phi) is 4.76. The van der Waals surface area contributed by atoms with E-state index < -0.39 is 20.7 Å². The van der Waals surface area contributed by atoms with E-state index in [2.05, 4.69) is 0 Å². The third-order valence-electron chi connectivity index (χ3n) is 2.42. The summed E-state index contributed by atoms with van der Waals surface area (Å²) in [5, 5.41) is 19.5. The molecule has 0 amide bonds. The van der Waals surface area contributed by atoms with Gasteiger partial charge in [-0.2, -0.15) is 0 Å². The van der Waals surface area contributed by atoms with Crippen LogP contribution in [0.3, 0.4) is 0 Å². The molecule has 0 aromatic heterocycles. The topological polar surface area (TPSA) is 101 Å². The maximum Gasteiger partial charge on any atom is 0.273 e. The maximum atomic E-state index is 11.9. The number of rotatable bonds is 6. The molecule has 0 spiro atoms. The first-order chi connectivity index (χ1) is 8.38. The second-order valence-corrected chi connectivity index (χ2v) is 5.76. The maximum absolute atomic E-state index is 11.9. The first kappa shape index (κ1) is 14.6. The molecule has 0 radical (unpaired) electrons. The number of hydrogen-bond acceptors (Lipinski definition) is 5. The lowest BCUT2D eigenvalue weighted by Gasteiger charge is -2.15. The zero-order chi connectivity index (χ0) is 13.8. The van der Waals surface area contributed by atoms with Gasteiger partial charge < -0.3 is 5.11 Å². The van der Waals surface area contributed by atoms with E-state index in [1.165, 1.54) is 25.2 Å². The zero-order valence-corrected chi connectivity index (χ0v) is 10.6. The number of likely N-dealkylation sites (N-methyl/N-ethyl adjacent to an activating group) is 1. The molecular formula is C10H14N2O5S. The van der Waals surface area contributed by atoms with Crippen LogP contribution in [0.5, 0.6) is 0 Å². The molecule has 8 heteroatoms. The average Bonchev–Trinajstić information content (AvgIpc) is 2.29. The molecule has 0 unspecified atom stereocenters. The Bertz CT molecular complexity index is 529. The Balaban J connectivity index is 3.01. The molecule has 7 nitrogen and oxygen atoms in total. The Morgan fingerprint density at radius 2 is 2.00 bits per heavy atom. The number of nitrogens with zero attached hydrogens (tertiary/aromatic N) is 2. The molecular weight excluding hydrogens is 260 g/mol. The molecule has 0 saturated carbocycles. The van der Waals surface area contributed by atoms with Gasteiger partial charge in [-0.1, -0.05) is 18.2 Å². The number of nitro groups is 1. The summed E-state index contributed by atoms with van der Waals surface area (Å²) < 4.78 is 24.7. The highest BCUT2D eigenvalue weighted by Crippen LogP contribution is 2.21. The molecule has 0 aliphatic heterocycles. The summed E-state index contributed by atoms with van der Waals surface area (Å²) in [7, 11) is -2.34. The van der Waals surface area contributed by atoms with E-state index >= 15 is 0 Å². The van der Waals surface area contributed by atoms with Crippen LogP contribution in [-0.4, -0.2) is 43.0 Å². The quantitative estimate of drug-likeness (QED) is 0.595. The van der Waals surface area contributed by atoms with Crippen LogP contribution in [0.1, 0.15) is 5.56 Å². The van der Waals surface area contributed by atoms with Crippen LogP contribution in [0, 0.1) is 10.1 Å². The van der Waals surface area contributed by atoms with Gasteiger partial charge in [0.25, 0.3) is 5.69 Å². The van der Waals surface area contributed by atoms with E-state index in [1.54, 1.807) is 6.07 Å². The molecule has 0 aliphatic rings. The fourth-order valence-electron chi connectivity index (χ4n) is 1.40. The van der Waals surface area contributed by atoms with Crippen molar-refractivity contribution in [1.82, 2.24) is 4.31 Å². The lowest BCUT2D eigenvalue weighted by atomic mass is 10.2. The molecule has 0 fully saturated rings. The Hall–Kier alpha value is -1.51. The molecule has 0 aliphatic carbocycles. The SMILES string of the molecule is CN(CCO)S(=O)(=O)Cc1ccccc1[N+](=O)[O-]. The third kappa shape index (κ3) is 3.49. The van der Waals surface area contributed by atoms with E-state index in [0.717, 1.165) is 4.31 Å². The van der Waals surface area contributed by atoms with Crippen molar-refractivity contribution in [3.05, 3.63) is 39.9 Å². The van der Waals surface area contributed by atoms with E-state index in [9.17, 15) is 18.5 Å². The van der Waals surface area contributed by atoms with Gasteiger partial charge in [0.15, 0.2) is 0 Å². The number of nitro benzene ring substituents is 1.